The van der Waals surface area contributed by atoms with E-state index >= 15 is 0 Å². The highest BCUT2D eigenvalue weighted by atomic mass is 14.5. The van der Waals surface area contributed by atoms with Crippen LogP contribution in [0, 0.1) is 29.1 Å². The summed E-state index contributed by atoms with van der Waals surface area (Å²) in [6.07, 6.45) is 22.8. The highest BCUT2D eigenvalue weighted by Crippen LogP contribution is 2.58. The maximum absolute atomic E-state index is 2.64. The standard InChI is InChI=1S/C27H44/c1-20(2)10-8-12-22(4)25-17-18-26-24(14-9-19-27(25,26)5)16-15-23-13-7-6-11-21(23)3/h14-16,20,22,25-26H,6-13,17-19H2,1-5H3/t22-,25-,26+,27-/m1/s1. The molecule has 0 spiro atoms. The fraction of sp³-hybridized carbons (Fsp3) is 0.778. The van der Waals surface area contributed by atoms with Gasteiger partial charge in [-0.25, -0.2) is 0 Å². The monoisotopic (exact) mass is 368 g/mol. The molecule has 0 saturated heterocycles. The van der Waals surface area contributed by atoms with Crippen molar-refractivity contribution in [3.8, 4) is 0 Å². The summed E-state index contributed by atoms with van der Waals surface area (Å²) in [6, 6.07) is 0. The number of allylic oxidation sites excluding steroid dienone is 6. The summed E-state index contributed by atoms with van der Waals surface area (Å²) in [5, 5.41) is 0. The van der Waals surface area contributed by atoms with Gasteiger partial charge in [0.1, 0.15) is 0 Å². The minimum atomic E-state index is 0.543. The van der Waals surface area contributed by atoms with Gasteiger partial charge < -0.3 is 0 Å². The molecule has 152 valence electrons. The van der Waals surface area contributed by atoms with Gasteiger partial charge >= 0.3 is 0 Å². The molecular formula is C27H44. The summed E-state index contributed by atoms with van der Waals surface area (Å²) in [6.45, 7) is 12.3. The lowest BCUT2D eigenvalue weighted by atomic mass is 9.62. The third-order valence-electron chi connectivity index (χ3n) is 8.28. The van der Waals surface area contributed by atoms with Crippen molar-refractivity contribution in [1.82, 2.24) is 0 Å². The molecule has 0 aromatic rings. The Morgan fingerprint density at radius 1 is 1.07 bits per heavy atom. The Morgan fingerprint density at radius 2 is 1.85 bits per heavy atom. The van der Waals surface area contributed by atoms with Crippen LogP contribution in [-0.4, -0.2) is 0 Å². The molecule has 0 aromatic carbocycles. The number of fused-ring (bicyclic) bond motifs is 1. The molecular weight excluding hydrogens is 324 g/mol. The van der Waals surface area contributed by atoms with Gasteiger partial charge in [0.25, 0.3) is 0 Å². The van der Waals surface area contributed by atoms with Gasteiger partial charge in [0, 0.05) is 0 Å². The summed E-state index contributed by atoms with van der Waals surface area (Å²) in [7, 11) is 0. The molecule has 0 amide bonds. The lowest BCUT2D eigenvalue weighted by Gasteiger charge is -2.43. The average molecular weight is 369 g/mol. The van der Waals surface area contributed by atoms with E-state index in [1.807, 2.05) is 0 Å². The lowest BCUT2D eigenvalue weighted by molar-refractivity contribution is 0.107. The fourth-order valence-electron chi connectivity index (χ4n) is 6.53. The van der Waals surface area contributed by atoms with Crippen LogP contribution < -0.4 is 0 Å². The second-order valence-corrected chi connectivity index (χ2v) is 10.6. The van der Waals surface area contributed by atoms with Crippen LogP contribution in [0.5, 0.6) is 0 Å². The summed E-state index contributed by atoms with van der Waals surface area (Å²) in [4.78, 5) is 0. The first kappa shape index (κ1) is 20.9. The Hall–Kier alpha value is -0.780. The van der Waals surface area contributed by atoms with Gasteiger partial charge in [0.05, 0.1) is 0 Å². The van der Waals surface area contributed by atoms with Crippen molar-refractivity contribution >= 4 is 0 Å². The first-order valence-corrected chi connectivity index (χ1v) is 12.0. The Balaban J connectivity index is 1.67. The van der Waals surface area contributed by atoms with E-state index in [0.29, 0.717) is 5.41 Å². The van der Waals surface area contributed by atoms with Crippen molar-refractivity contribution in [2.24, 2.45) is 29.1 Å². The molecule has 0 unspecified atom stereocenters. The van der Waals surface area contributed by atoms with Crippen LogP contribution in [0.3, 0.4) is 0 Å². The smallest absolute Gasteiger partial charge is 0.0108 e. The number of hydrogen-bond donors (Lipinski definition) is 0. The first-order valence-electron chi connectivity index (χ1n) is 12.0. The molecule has 0 N–H and O–H groups in total. The molecule has 3 aliphatic rings. The number of rotatable bonds is 7. The zero-order chi connectivity index (χ0) is 19.4. The van der Waals surface area contributed by atoms with Crippen molar-refractivity contribution in [3.05, 3.63) is 34.9 Å². The van der Waals surface area contributed by atoms with E-state index < -0.39 is 0 Å². The molecule has 1 saturated carbocycles. The van der Waals surface area contributed by atoms with E-state index in [2.05, 4.69) is 52.8 Å². The van der Waals surface area contributed by atoms with Crippen molar-refractivity contribution < 1.29 is 0 Å². The normalized spacial score (nSPS) is 32.9. The van der Waals surface area contributed by atoms with E-state index in [-0.39, 0.29) is 0 Å². The van der Waals surface area contributed by atoms with Crippen LogP contribution in [0.25, 0.3) is 0 Å². The van der Waals surface area contributed by atoms with Crippen LogP contribution in [0.1, 0.15) is 105 Å². The van der Waals surface area contributed by atoms with Gasteiger partial charge in [-0.1, -0.05) is 70.8 Å². The zero-order valence-corrected chi connectivity index (χ0v) is 18.8. The van der Waals surface area contributed by atoms with Crippen LogP contribution >= 0.6 is 0 Å². The second kappa shape index (κ2) is 9.15. The Labute approximate surface area is 169 Å². The molecule has 1 fully saturated rings. The summed E-state index contributed by atoms with van der Waals surface area (Å²) < 4.78 is 0. The van der Waals surface area contributed by atoms with E-state index in [4.69, 9.17) is 0 Å². The summed E-state index contributed by atoms with van der Waals surface area (Å²) in [5.74, 6) is 3.49. The maximum atomic E-state index is 2.64. The van der Waals surface area contributed by atoms with Crippen molar-refractivity contribution in [1.29, 1.82) is 0 Å². The van der Waals surface area contributed by atoms with Crippen molar-refractivity contribution in [2.45, 2.75) is 105 Å². The third-order valence-corrected chi connectivity index (χ3v) is 8.28. The van der Waals surface area contributed by atoms with Crippen LogP contribution in [0.2, 0.25) is 0 Å². The van der Waals surface area contributed by atoms with E-state index in [0.717, 1.165) is 23.7 Å². The van der Waals surface area contributed by atoms with E-state index in [9.17, 15) is 0 Å². The third kappa shape index (κ3) is 4.80. The van der Waals surface area contributed by atoms with Crippen LogP contribution in [-0.2, 0) is 0 Å². The van der Waals surface area contributed by atoms with Gasteiger partial charge in [-0.05, 0) is 98.5 Å². The van der Waals surface area contributed by atoms with Gasteiger partial charge in [-0.15, -0.1) is 0 Å². The predicted molar refractivity (Wildman–Crippen MR) is 120 cm³/mol. The largest absolute Gasteiger partial charge is 0.0810 e. The molecule has 0 aliphatic heterocycles. The van der Waals surface area contributed by atoms with Gasteiger partial charge in [0.15, 0.2) is 0 Å². The fourth-order valence-corrected chi connectivity index (χ4v) is 6.53. The SMILES string of the molecule is CC1=C(C=CC2=CCC[C@]3(C)[C@@H]([C@H](C)CCCC(C)C)CC[C@@H]23)CCCC1. The molecule has 0 radical (unpaired) electrons. The minimum absolute atomic E-state index is 0.543. The van der Waals surface area contributed by atoms with Crippen LogP contribution in [0.15, 0.2) is 34.9 Å². The summed E-state index contributed by atoms with van der Waals surface area (Å²) in [5.41, 5.74) is 5.49. The molecule has 3 aliphatic carbocycles. The quantitative estimate of drug-likeness (QED) is 0.421. The van der Waals surface area contributed by atoms with Gasteiger partial charge in [-0.3, -0.25) is 0 Å². The molecule has 3 rings (SSSR count). The highest BCUT2D eigenvalue weighted by molar-refractivity contribution is 5.35. The second-order valence-electron chi connectivity index (χ2n) is 10.6. The average Bonchev–Trinajstić information content (AvgIpc) is 2.98. The van der Waals surface area contributed by atoms with Crippen LogP contribution in [0.4, 0.5) is 0 Å². The number of hydrogen-bond acceptors (Lipinski definition) is 0. The molecule has 0 heteroatoms. The Bertz CT molecular complexity index is 587. The predicted octanol–water partition coefficient (Wildman–Crippen LogP) is 8.65. The zero-order valence-electron chi connectivity index (χ0n) is 18.8. The Morgan fingerprint density at radius 3 is 2.59 bits per heavy atom. The van der Waals surface area contributed by atoms with Gasteiger partial charge in [0.2, 0.25) is 0 Å². The van der Waals surface area contributed by atoms with Crippen molar-refractivity contribution in [2.75, 3.05) is 0 Å². The molecule has 0 bridgehead atoms. The van der Waals surface area contributed by atoms with Crippen molar-refractivity contribution in [3.63, 3.8) is 0 Å². The highest BCUT2D eigenvalue weighted by Gasteiger charge is 2.49. The van der Waals surface area contributed by atoms with Gasteiger partial charge in [-0.2, -0.15) is 0 Å². The summed E-state index contributed by atoms with van der Waals surface area (Å²) >= 11 is 0. The topological polar surface area (TPSA) is 0 Å². The molecule has 27 heavy (non-hydrogen) atoms. The lowest BCUT2D eigenvalue weighted by Crippen LogP contribution is -2.35. The van der Waals surface area contributed by atoms with E-state index in [1.54, 1.807) is 16.7 Å². The minimum Gasteiger partial charge on any atom is -0.0810 e. The molecule has 0 nitrogen and oxygen atoms in total. The molecule has 4 atom stereocenters. The maximum Gasteiger partial charge on any atom is -0.0108 e. The molecule has 0 aromatic heterocycles. The Kier molecular flexibility index (Phi) is 7.09. The molecule has 0 heterocycles. The first-order chi connectivity index (χ1) is 12.9. The van der Waals surface area contributed by atoms with E-state index in [1.165, 1.54) is 70.6 Å².